The van der Waals surface area contributed by atoms with Crippen LogP contribution in [0.4, 0.5) is 13.2 Å². The largest absolute Gasteiger partial charge is 0.443 e. The van der Waals surface area contributed by atoms with E-state index in [2.05, 4.69) is 20.9 Å². The van der Waals surface area contributed by atoms with Gasteiger partial charge in [-0.05, 0) is 22.0 Å². The summed E-state index contributed by atoms with van der Waals surface area (Å²) in [6, 6.07) is 1.24. The van der Waals surface area contributed by atoms with Gasteiger partial charge >= 0.3 is 6.18 Å². The van der Waals surface area contributed by atoms with Crippen molar-refractivity contribution in [1.82, 2.24) is 4.98 Å². The maximum absolute atomic E-state index is 12.4. The number of halogens is 4. The molecule has 0 spiro atoms. The Morgan fingerprint density at radius 2 is 2.06 bits per heavy atom. The third kappa shape index (κ3) is 2.87. The van der Waals surface area contributed by atoms with E-state index in [0.717, 1.165) is 9.35 Å². The van der Waals surface area contributed by atoms with Crippen molar-refractivity contribution in [2.24, 2.45) is 5.73 Å². The Labute approximate surface area is 111 Å². The van der Waals surface area contributed by atoms with Gasteiger partial charge in [0.2, 0.25) is 0 Å². The van der Waals surface area contributed by atoms with Crippen molar-refractivity contribution in [3.8, 4) is 0 Å². The molecule has 1 unspecified atom stereocenters. The first-order valence-electron chi connectivity index (χ1n) is 4.40. The van der Waals surface area contributed by atoms with Crippen molar-refractivity contribution in [2.45, 2.75) is 12.2 Å². The van der Waals surface area contributed by atoms with E-state index in [1.165, 1.54) is 17.5 Å². The lowest BCUT2D eigenvalue weighted by molar-refractivity contribution is -0.137. The molecule has 92 valence electrons. The molecule has 8 heteroatoms. The molecule has 0 saturated carbocycles. The predicted octanol–water partition coefficient (Wildman–Crippen LogP) is 4.03. The number of alkyl halides is 3. The van der Waals surface area contributed by atoms with Crippen LogP contribution in [-0.4, -0.2) is 4.98 Å². The molecule has 0 saturated heterocycles. The van der Waals surface area contributed by atoms with E-state index in [1.54, 1.807) is 6.07 Å². The van der Waals surface area contributed by atoms with Gasteiger partial charge < -0.3 is 5.73 Å². The summed E-state index contributed by atoms with van der Waals surface area (Å²) in [6.07, 6.45) is -3.22. The van der Waals surface area contributed by atoms with Gasteiger partial charge in [-0.3, -0.25) is 0 Å². The minimum atomic E-state index is -4.40. The third-order valence-corrected chi connectivity index (χ3v) is 4.87. The van der Waals surface area contributed by atoms with Gasteiger partial charge in [0, 0.05) is 25.8 Å². The number of thiazole rings is 1. The summed E-state index contributed by atoms with van der Waals surface area (Å²) < 4.78 is 38.0. The van der Waals surface area contributed by atoms with Gasteiger partial charge in [-0.1, -0.05) is 0 Å². The van der Waals surface area contributed by atoms with Crippen LogP contribution in [0, 0.1) is 0 Å². The van der Waals surface area contributed by atoms with Gasteiger partial charge in [-0.25, -0.2) is 4.98 Å². The maximum Gasteiger partial charge on any atom is 0.443 e. The Bertz CT molecular complexity index is 520. The number of nitrogens with two attached hydrogens (primary N) is 1. The Kier molecular flexibility index (Phi) is 3.58. The number of aromatic nitrogens is 1. The predicted molar refractivity (Wildman–Crippen MR) is 65.2 cm³/mol. The minimum absolute atomic E-state index is 0.409. The second-order valence-electron chi connectivity index (χ2n) is 3.21. The van der Waals surface area contributed by atoms with Crippen LogP contribution in [0.3, 0.4) is 0 Å². The van der Waals surface area contributed by atoms with Crippen LogP contribution in [0.2, 0.25) is 0 Å². The summed E-state index contributed by atoms with van der Waals surface area (Å²) in [6.45, 7) is 0. The molecule has 2 N–H and O–H groups in total. The van der Waals surface area contributed by atoms with E-state index in [0.29, 0.717) is 16.2 Å². The van der Waals surface area contributed by atoms with Crippen LogP contribution in [0.25, 0.3) is 0 Å². The topological polar surface area (TPSA) is 38.9 Å². The van der Waals surface area contributed by atoms with Gasteiger partial charge in [0.1, 0.15) is 0 Å². The van der Waals surface area contributed by atoms with Crippen LogP contribution in [-0.2, 0) is 6.18 Å². The van der Waals surface area contributed by atoms with Gasteiger partial charge in [0.15, 0.2) is 5.01 Å². The lowest BCUT2D eigenvalue weighted by atomic mass is 10.2. The number of thiophene rings is 1. The van der Waals surface area contributed by atoms with E-state index < -0.39 is 17.2 Å². The normalized spacial score (nSPS) is 13.9. The van der Waals surface area contributed by atoms with Gasteiger partial charge in [0.25, 0.3) is 0 Å². The highest BCUT2D eigenvalue weighted by Gasteiger charge is 2.35. The van der Waals surface area contributed by atoms with Crippen molar-refractivity contribution >= 4 is 38.6 Å². The molecule has 0 amide bonds. The van der Waals surface area contributed by atoms with E-state index in [1.807, 2.05) is 5.38 Å². The number of hydrogen-bond donors (Lipinski definition) is 1. The molecule has 0 bridgehead atoms. The number of rotatable bonds is 2. The van der Waals surface area contributed by atoms with Crippen LogP contribution >= 0.6 is 38.6 Å². The summed E-state index contributed by atoms with van der Waals surface area (Å²) in [4.78, 5) is 4.56. The molecule has 0 fully saturated rings. The molecule has 2 rings (SSSR count). The summed E-state index contributed by atoms with van der Waals surface area (Å²) in [5.41, 5.74) is 5.88. The molecular formula is C9H6BrF3N2S2. The number of nitrogens with zero attached hydrogens (tertiary/aromatic N) is 1. The maximum atomic E-state index is 12.4. The zero-order chi connectivity index (χ0) is 12.6. The van der Waals surface area contributed by atoms with Crippen LogP contribution in [0.15, 0.2) is 22.1 Å². The Balaban J connectivity index is 2.26. The highest BCUT2D eigenvalue weighted by Crippen LogP contribution is 2.36. The smallest absolute Gasteiger partial charge is 0.319 e. The first-order valence-corrected chi connectivity index (χ1v) is 6.89. The zero-order valence-corrected chi connectivity index (χ0v) is 11.4. The molecule has 2 heterocycles. The summed E-state index contributed by atoms with van der Waals surface area (Å²) in [7, 11) is 0. The third-order valence-electron chi connectivity index (χ3n) is 1.97. The summed E-state index contributed by atoms with van der Waals surface area (Å²) in [5.74, 6) is 0. The van der Waals surface area contributed by atoms with E-state index in [4.69, 9.17) is 5.73 Å². The quantitative estimate of drug-likeness (QED) is 0.894. The molecule has 0 aliphatic carbocycles. The second kappa shape index (κ2) is 4.68. The van der Waals surface area contributed by atoms with Gasteiger partial charge in [-0.2, -0.15) is 13.2 Å². The Morgan fingerprint density at radius 1 is 1.35 bits per heavy atom. The highest BCUT2D eigenvalue weighted by molar-refractivity contribution is 9.10. The van der Waals surface area contributed by atoms with Crippen LogP contribution < -0.4 is 5.73 Å². The lowest BCUT2D eigenvalue weighted by Crippen LogP contribution is -2.08. The fraction of sp³-hybridized carbons (Fsp3) is 0.222. The van der Waals surface area contributed by atoms with Crippen LogP contribution in [0.1, 0.15) is 20.8 Å². The minimum Gasteiger partial charge on any atom is -0.319 e. The monoisotopic (exact) mass is 342 g/mol. The van der Waals surface area contributed by atoms with Crippen LogP contribution in [0.5, 0.6) is 0 Å². The SMILES string of the molecule is NC(c1cc(Br)cs1)c1cnc(C(F)(F)F)s1. The average Bonchev–Trinajstić information content (AvgIpc) is 2.83. The lowest BCUT2D eigenvalue weighted by Gasteiger charge is -2.05. The molecule has 2 aromatic rings. The Morgan fingerprint density at radius 3 is 2.53 bits per heavy atom. The van der Waals surface area contributed by atoms with Crippen molar-refractivity contribution in [1.29, 1.82) is 0 Å². The summed E-state index contributed by atoms with van der Waals surface area (Å²) in [5, 5.41) is 0.972. The standard InChI is InChI=1S/C9H6BrF3N2S2/c10-4-1-5(16-3-4)7(14)6-2-15-8(17-6)9(11,12)13/h1-3,7H,14H2. The molecular weight excluding hydrogens is 337 g/mol. The van der Waals surface area contributed by atoms with Crippen molar-refractivity contribution < 1.29 is 13.2 Å². The van der Waals surface area contributed by atoms with E-state index in [9.17, 15) is 13.2 Å². The fourth-order valence-electron chi connectivity index (χ4n) is 1.19. The van der Waals surface area contributed by atoms with E-state index in [-0.39, 0.29) is 0 Å². The number of hydrogen-bond acceptors (Lipinski definition) is 4. The van der Waals surface area contributed by atoms with Crippen molar-refractivity contribution in [3.05, 3.63) is 36.9 Å². The molecule has 0 aliphatic heterocycles. The first kappa shape index (κ1) is 13.0. The summed E-state index contributed by atoms with van der Waals surface area (Å²) >= 11 is 5.25. The Hall–Kier alpha value is -0.440. The molecule has 0 aromatic carbocycles. The zero-order valence-electron chi connectivity index (χ0n) is 8.16. The average molecular weight is 343 g/mol. The molecule has 2 aromatic heterocycles. The molecule has 1 atom stereocenters. The van der Waals surface area contributed by atoms with Gasteiger partial charge in [-0.15, -0.1) is 22.7 Å². The van der Waals surface area contributed by atoms with E-state index >= 15 is 0 Å². The van der Waals surface area contributed by atoms with Crippen molar-refractivity contribution in [3.63, 3.8) is 0 Å². The highest BCUT2D eigenvalue weighted by atomic mass is 79.9. The second-order valence-corrected chi connectivity index (χ2v) is 6.13. The molecule has 2 nitrogen and oxygen atoms in total. The van der Waals surface area contributed by atoms with Gasteiger partial charge in [0.05, 0.1) is 6.04 Å². The molecule has 0 radical (unpaired) electrons. The fourth-order valence-corrected chi connectivity index (χ4v) is 3.54. The molecule has 0 aliphatic rings. The van der Waals surface area contributed by atoms with Crippen molar-refractivity contribution in [2.75, 3.05) is 0 Å². The molecule has 17 heavy (non-hydrogen) atoms. The first-order chi connectivity index (χ1) is 7.88.